The molecule has 0 spiro atoms. The van der Waals surface area contributed by atoms with Gasteiger partial charge < -0.3 is 34.4 Å². The largest absolute Gasteiger partial charge is 0.461 e. The summed E-state index contributed by atoms with van der Waals surface area (Å²) in [6, 6.07) is 3.33. The maximum atomic E-state index is 13.6. The van der Waals surface area contributed by atoms with E-state index in [4.69, 9.17) is 13.6 Å². The Balaban J connectivity index is 0.917. The third-order valence-corrected chi connectivity index (χ3v) is 13.4. The van der Waals surface area contributed by atoms with E-state index in [0.717, 1.165) is 40.3 Å². The van der Waals surface area contributed by atoms with Gasteiger partial charge in [0, 0.05) is 59.3 Å². The van der Waals surface area contributed by atoms with Gasteiger partial charge >= 0.3 is 11.7 Å². The molecule has 4 N–H and O–H groups in total. The summed E-state index contributed by atoms with van der Waals surface area (Å²) in [7, 11) is 0. The Morgan fingerprint density at radius 1 is 0.981 bits per heavy atom. The average Bonchev–Trinajstić information content (AvgIpc) is 3.55. The van der Waals surface area contributed by atoms with Gasteiger partial charge in [0.05, 0.1) is 6.10 Å². The number of nitrogens with one attached hydrogen (secondary N) is 2. The monoisotopic (exact) mass is 716 g/mol. The highest BCUT2D eigenvalue weighted by Gasteiger charge is 2.68. The van der Waals surface area contributed by atoms with Crippen LogP contribution in [0.5, 0.6) is 0 Å². The van der Waals surface area contributed by atoms with E-state index in [1.165, 1.54) is 6.07 Å². The van der Waals surface area contributed by atoms with Crippen molar-refractivity contribution in [3.63, 3.8) is 0 Å². The zero-order chi connectivity index (χ0) is 37.3. The number of rotatable bonds is 8. The summed E-state index contributed by atoms with van der Waals surface area (Å²) in [6.07, 6.45) is 3.96. The number of aliphatic hydroxyl groups excluding tert-OH is 1. The number of allylic oxidation sites excluding steroid dienone is 1. The molecule has 12 nitrogen and oxygen atoms in total. The highest BCUT2D eigenvalue weighted by Crippen LogP contribution is 2.67. The van der Waals surface area contributed by atoms with Gasteiger partial charge in [0.1, 0.15) is 22.5 Å². The van der Waals surface area contributed by atoms with Crippen molar-refractivity contribution < 1.29 is 43.0 Å². The number of ether oxygens (including phenoxy) is 1. The third-order valence-electron chi connectivity index (χ3n) is 13.4. The van der Waals surface area contributed by atoms with Gasteiger partial charge in [0.2, 0.25) is 11.7 Å². The van der Waals surface area contributed by atoms with E-state index in [1.807, 2.05) is 26.8 Å². The standard InChI is InChI=1S/C40H48N2O10/c1-20-14-33(47)52-35-21(2)36-27(16-26(20)35)28(22(3)51-36)18-42-32(46)10-13-41-37(48)50-19-31(45)40(49)12-9-29-25-7-6-23-15-24(43)8-11-38(23,4)34(25)30(44)17-39(29,40)5/h14-16,25,29-30,34,44,49H,6-13,17-19H2,1-5H3,(H,41,48)(H,42,46)/t25?,29?,30?,34?,38?,39?,40-/m0/s1. The van der Waals surface area contributed by atoms with Crippen molar-refractivity contribution >= 4 is 45.5 Å². The molecule has 4 aliphatic carbocycles. The fraction of sp³-hybridized carbons (Fsp3) is 0.575. The number of amides is 2. The first-order valence-corrected chi connectivity index (χ1v) is 18.4. The van der Waals surface area contributed by atoms with Crippen LogP contribution in [0.2, 0.25) is 0 Å². The Morgan fingerprint density at radius 3 is 2.50 bits per heavy atom. The van der Waals surface area contributed by atoms with Gasteiger partial charge in [0.15, 0.2) is 12.4 Å². The maximum Gasteiger partial charge on any atom is 0.407 e. The summed E-state index contributed by atoms with van der Waals surface area (Å²) in [5.74, 6) is -0.0812. The zero-order valence-corrected chi connectivity index (χ0v) is 30.5. The highest BCUT2D eigenvalue weighted by molar-refractivity contribution is 6.00. The van der Waals surface area contributed by atoms with Crippen molar-refractivity contribution in [1.29, 1.82) is 0 Å². The normalized spacial score (nSPS) is 31.1. The third kappa shape index (κ3) is 5.69. The topological polar surface area (TPSA) is 185 Å². The molecule has 12 heteroatoms. The van der Waals surface area contributed by atoms with Crippen LogP contribution in [0.4, 0.5) is 4.79 Å². The van der Waals surface area contributed by atoms with Gasteiger partial charge in [-0.2, -0.15) is 0 Å². The van der Waals surface area contributed by atoms with Gasteiger partial charge in [-0.25, -0.2) is 9.59 Å². The molecule has 7 rings (SSSR count). The van der Waals surface area contributed by atoms with Crippen molar-refractivity contribution in [3.8, 4) is 0 Å². The predicted molar refractivity (Wildman–Crippen MR) is 190 cm³/mol. The molecule has 2 amide bonds. The molecule has 0 bridgehead atoms. The lowest BCUT2D eigenvalue weighted by molar-refractivity contribution is -0.182. The van der Waals surface area contributed by atoms with Crippen LogP contribution in [0.3, 0.4) is 0 Å². The van der Waals surface area contributed by atoms with E-state index >= 15 is 0 Å². The number of hydrogen-bond acceptors (Lipinski definition) is 10. The van der Waals surface area contributed by atoms with Gasteiger partial charge in [-0.15, -0.1) is 0 Å². The fourth-order valence-corrected chi connectivity index (χ4v) is 10.6. The van der Waals surface area contributed by atoms with Gasteiger partial charge in [0.25, 0.3) is 0 Å². The quantitative estimate of drug-likeness (QED) is 0.231. The van der Waals surface area contributed by atoms with Crippen molar-refractivity contribution in [2.24, 2.45) is 28.6 Å². The fourth-order valence-electron chi connectivity index (χ4n) is 10.6. The SMILES string of the molecule is Cc1oc2c(C)c3oc(=O)cc(C)c3cc2c1CNC(=O)CCNC(=O)OCC(=O)[C@@]1(O)CCC2C3CCC4=CC(=O)CCC4(C)C3C(O)CC21C. The molecule has 0 saturated heterocycles. The number of aliphatic hydroxyl groups is 2. The van der Waals surface area contributed by atoms with Crippen LogP contribution in [-0.4, -0.2) is 58.6 Å². The second-order valence-electron chi connectivity index (χ2n) is 16.1. The minimum atomic E-state index is -1.75. The first-order valence-electron chi connectivity index (χ1n) is 18.4. The van der Waals surface area contributed by atoms with E-state index < -0.39 is 41.2 Å². The van der Waals surface area contributed by atoms with Crippen molar-refractivity contribution in [3.05, 3.63) is 56.7 Å². The molecule has 278 valence electrons. The average molecular weight is 717 g/mol. The molecule has 4 aliphatic rings. The minimum absolute atomic E-state index is 0.0111. The van der Waals surface area contributed by atoms with E-state index in [-0.39, 0.29) is 67.2 Å². The van der Waals surface area contributed by atoms with Crippen LogP contribution in [0.25, 0.3) is 21.9 Å². The van der Waals surface area contributed by atoms with Crippen LogP contribution in [0.15, 0.2) is 37.4 Å². The number of furan rings is 1. The summed E-state index contributed by atoms with van der Waals surface area (Å²) in [5.41, 5.74) is 1.07. The minimum Gasteiger partial charge on any atom is -0.461 e. The van der Waals surface area contributed by atoms with Crippen LogP contribution in [0, 0.1) is 49.4 Å². The molecule has 3 saturated carbocycles. The molecule has 1 aromatic carbocycles. The lowest BCUT2D eigenvalue weighted by Crippen LogP contribution is -2.62. The molecule has 2 aromatic heterocycles. The molecule has 52 heavy (non-hydrogen) atoms. The number of fused-ring (bicyclic) bond motifs is 7. The van der Waals surface area contributed by atoms with Crippen molar-refractivity contribution in [1.82, 2.24) is 10.6 Å². The predicted octanol–water partition coefficient (Wildman–Crippen LogP) is 5.00. The van der Waals surface area contributed by atoms with Crippen LogP contribution >= 0.6 is 0 Å². The highest BCUT2D eigenvalue weighted by atomic mass is 16.6. The summed E-state index contributed by atoms with van der Waals surface area (Å²) < 4.78 is 16.7. The lowest BCUT2D eigenvalue weighted by Gasteiger charge is -2.60. The Labute approximate surface area is 301 Å². The Bertz CT molecular complexity index is 2090. The molecule has 7 atom stereocenters. The number of aryl methyl sites for hydroxylation is 3. The smallest absolute Gasteiger partial charge is 0.407 e. The Hall–Kier alpha value is -4.29. The number of ketones is 2. The van der Waals surface area contributed by atoms with E-state index in [0.29, 0.717) is 41.8 Å². The number of carbonyl (C=O) groups excluding carboxylic acids is 4. The molecule has 3 fully saturated rings. The van der Waals surface area contributed by atoms with E-state index in [2.05, 4.69) is 17.6 Å². The van der Waals surface area contributed by atoms with Gasteiger partial charge in [-0.3, -0.25) is 14.4 Å². The second kappa shape index (κ2) is 13.0. The molecular weight excluding hydrogens is 668 g/mol. The van der Waals surface area contributed by atoms with Crippen LogP contribution in [0.1, 0.15) is 87.7 Å². The van der Waals surface area contributed by atoms with E-state index in [1.54, 1.807) is 13.0 Å². The molecule has 3 aromatic rings. The summed E-state index contributed by atoms with van der Waals surface area (Å²) >= 11 is 0. The number of hydrogen-bond donors (Lipinski definition) is 4. The number of alkyl carbamates (subject to hydrolysis) is 1. The molecule has 0 aliphatic heterocycles. The van der Waals surface area contributed by atoms with Crippen molar-refractivity contribution in [2.75, 3.05) is 13.2 Å². The number of Topliss-reactive ketones (excluding diaryl/α,β-unsaturated/α-hetero) is 1. The van der Waals surface area contributed by atoms with Crippen molar-refractivity contribution in [2.45, 2.75) is 104 Å². The Kier molecular flexibility index (Phi) is 9.01. The maximum absolute atomic E-state index is 13.6. The zero-order valence-electron chi connectivity index (χ0n) is 30.5. The summed E-state index contributed by atoms with van der Waals surface area (Å²) in [4.78, 5) is 63.0. The summed E-state index contributed by atoms with van der Waals surface area (Å²) in [6.45, 7) is 9.02. The van der Waals surface area contributed by atoms with Crippen LogP contribution < -0.4 is 16.3 Å². The molecule has 2 heterocycles. The number of carbonyl (C=O) groups is 4. The second-order valence-corrected chi connectivity index (χ2v) is 16.1. The molecular formula is C40H48N2O10. The van der Waals surface area contributed by atoms with Gasteiger partial charge in [-0.05, 0) is 100 Å². The first-order chi connectivity index (χ1) is 24.6. The Morgan fingerprint density at radius 2 is 1.73 bits per heavy atom. The number of benzene rings is 1. The molecule has 6 unspecified atom stereocenters. The van der Waals surface area contributed by atoms with Gasteiger partial charge in [-0.1, -0.05) is 19.4 Å². The summed E-state index contributed by atoms with van der Waals surface area (Å²) in [5, 5.41) is 30.5. The van der Waals surface area contributed by atoms with E-state index in [9.17, 15) is 34.2 Å². The lowest BCUT2D eigenvalue weighted by atomic mass is 9.45. The van der Waals surface area contributed by atoms with Crippen LogP contribution in [-0.2, 0) is 25.7 Å². The first kappa shape index (κ1) is 36.1. The molecule has 0 radical (unpaired) electrons.